The summed E-state index contributed by atoms with van der Waals surface area (Å²) in [6, 6.07) is 7.19. The second kappa shape index (κ2) is 16.0. The van der Waals surface area contributed by atoms with Gasteiger partial charge in [-0.2, -0.15) is 0 Å². The van der Waals surface area contributed by atoms with Gasteiger partial charge in [0.05, 0.1) is 6.10 Å². The third-order valence-corrected chi connectivity index (χ3v) is 5.86. The molecule has 2 aromatic rings. The number of aliphatic carboxylic acids is 1. The van der Waals surface area contributed by atoms with Crippen molar-refractivity contribution in [3.8, 4) is 23.0 Å². The van der Waals surface area contributed by atoms with Crippen LogP contribution in [0.15, 0.2) is 48.6 Å². The van der Waals surface area contributed by atoms with Crippen LogP contribution in [-0.2, 0) is 28.7 Å². The van der Waals surface area contributed by atoms with E-state index in [1.165, 1.54) is 18.2 Å². The fourth-order valence-corrected chi connectivity index (χ4v) is 3.37. The van der Waals surface area contributed by atoms with Gasteiger partial charge < -0.3 is 60.5 Å². The lowest BCUT2D eigenvalue weighted by molar-refractivity contribution is -0.189. The molecular formula is C28H30O16. The Kier molecular flexibility index (Phi) is 12.8. The molecule has 6 unspecified atom stereocenters. The monoisotopic (exact) mass is 622 g/mol. The molecule has 44 heavy (non-hydrogen) atoms. The van der Waals surface area contributed by atoms with Crippen molar-refractivity contribution in [2.45, 2.75) is 43.0 Å². The molecule has 0 fully saturated rings. The minimum atomic E-state index is -2.56. The minimum Gasteiger partial charge on any atom is -0.504 e. The smallest absolute Gasteiger partial charge is 0.338 e. The number of allylic oxidation sites excluding steroid dienone is 1. The Balaban J connectivity index is 2.03. The van der Waals surface area contributed by atoms with Gasteiger partial charge in [0.15, 0.2) is 47.1 Å². The number of carbonyl (C=O) groups is 4. The second-order valence-electron chi connectivity index (χ2n) is 9.22. The molecule has 6 atom stereocenters. The predicted octanol–water partition coefficient (Wildman–Crippen LogP) is -1.46. The zero-order chi connectivity index (χ0) is 33.1. The number of phenolic OH excluding ortho intramolecular Hbond substituents is 4. The molecule has 0 heterocycles. The van der Waals surface area contributed by atoms with Crippen LogP contribution in [0.5, 0.6) is 23.0 Å². The molecule has 0 aromatic heterocycles. The van der Waals surface area contributed by atoms with Gasteiger partial charge in [-0.3, -0.25) is 4.79 Å². The Hall–Kier alpha value is -5.00. The van der Waals surface area contributed by atoms with Crippen LogP contribution in [0, 0.1) is 0 Å². The normalized spacial score (nSPS) is 15.7. The molecule has 16 nitrogen and oxygen atoms in total. The molecule has 2 aromatic carbocycles. The largest absolute Gasteiger partial charge is 0.504 e. The maximum absolute atomic E-state index is 12.4. The third kappa shape index (κ3) is 10.4. The van der Waals surface area contributed by atoms with Gasteiger partial charge >= 0.3 is 17.9 Å². The molecule has 0 aliphatic rings. The second-order valence-corrected chi connectivity index (χ2v) is 9.22. The summed E-state index contributed by atoms with van der Waals surface area (Å²) in [5, 5.41) is 96.9. The highest BCUT2D eigenvalue weighted by atomic mass is 16.6. The van der Waals surface area contributed by atoms with Gasteiger partial charge in [0.25, 0.3) is 0 Å². The van der Waals surface area contributed by atoms with Gasteiger partial charge in [0, 0.05) is 12.5 Å². The van der Waals surface area contributed by atoms with E-state index in [0.29, 0.717) is 0 Å². The fourth-order valence-electron chi connectivity index (χ4n) is 3.37. The van der Waals surface area contributed by atoms with Crippen molar-refractivity contribution < 1.29 is 79.7 Å². The first-order valence-corrected chi connectivity index (χ1v) is 12.5. The maximum atomic E-state index is 12.4. The highest BCUT2D eigenvalue weighted by molar-refractivity contribution is 5.94. The molecule has 0 saturated carbocycles. The lowest BCUT2D eigenvalue weighted by atomic mass is 10.0. The van der Waals surface area contributed by atoms with Crippen LogP contribution in [0.1, 0.15) is 17.5 Å². The van der Waals surface area contributed by atoms with Gasteiger partial charge in [-0.05, 0) is 47.5 Å². The molecule has 0 bridgehead atoms. The number of aliphatic hydroxyl groups is 5. The molecule has 0 aliphatic heterocycles. The van der Waals surface area contributed by atoms with E-state index in [1.54, 1.807) is 0 Å². The SMILES string of the molecule is O=C(C=Cc1ccc(O)c(O)c1)CC(O)C(O)C(O)C(=O)OC(COC(=O)C=Cc1ccc(O)c(O)c1)C(O)C(O)C(=O)O. The van der Waals surface area contributed by atoms with Crippen molar-refractivity contribution in [2.75, 3.05) is 6.61 Å². The summed E-state index contributed by atoms with van der Waals surface area (Å²) in [6.45, 7) is -1.07. The lowest BCUT2D eigenvalue weighted by Crippen LogP contribution is -2.50. The molecule has 2 rings (SSSR count). The molecule has 10 N–H and O–H groups in total. The summed E-state index contributed by atoms with van der Waals surface area (Å²) >= 11 is 0. The van der Waals surface area contributed by atoms with Crippen molar-refractivity contribution in [2.24, 2.45) is 0 Å². The van der Waals surface area contributed by atoms with Gasteiger partial charge in [-0.25, -0.2) is 14.4 Å². The number of benzene rings is 2. The third-order valence-electron chi connectivity index (χ3n) is 5.86. The van der Waals surface area contributed by atoms with Gasteiger partial charge in [0.2, 0.25) is 0 Å². The number of hydrogen-bond acceptors (Lipinski definition) is 15. The van der Waals surface area contributed by atoms with E-state index in [9.17, 15) is 65.1 Å². The summed E-state index contributed by atoms with van der Waals surface area (Å²) in [6.07, 6.45) is -10.8. The topological polar surface area (TPSA) is 289 Å². The van der Waals surface area contributed by atoms with Crippen LogP contribution in [0.4, 0.5) is 0 Å². The number of ketones is 1. The first-order chi connectivity index (χ1) is 20.6. The molecule has 16 heteroatoms. The number of hydrogen-bond donors (Lipinski definition) is 10. The fraction of sp³-hybridized carbons (Fsp3) is 0.286. The number of rotatable bonds is 15. The van der Waals surface area contributed by atoms with E-state index in [-0.39, 0.29) is 11.1 Å². The van der Waals surface area contributed by atoms with Gasteiger partial charge in [-0.15, -0.1) is 0 Å². The summed E-state index contributed by atoms with van der Waals surface area (Å²) < 4.78 is 9.55. The first kappa shape index (κ1) is 35.2. The standard InChI is InChI=1S/C28H30O16/c29-15(5-1-13-2-6-16(30)18(32)9-13)11-20(34)23(36)26(39)28(42)44-21(24(37)25(38)27(40)41)12-43-22(35)8-4-14-3-7-17(31)19(33)10-14/h1-10,20-21,23-26,30-34,36-39H,11-12H2,(H,40,41). The van der Waals surface area contributed by atoms with Crippen LogP contribution in [0.25, 0.3) is 12.2 Å². The Morgan fingerprint density at radius 3 is 1.73 bits per heavy atom. The maximum Gasteiger partial charge on any atom is 0.338 e. The number of carboxylic acids is 1. The highest BCUT2D eigenvalue weighted by Crippen LogP contribution is 2.26. The predicted molar refractivity (Wildman–Crippen MR) is 146 cm³/mol. The zero-order valence-corrected chi connectivity index (χ0v) is 22.6. The minimum absolute atomic E-state index is 0.242. The van der Waals surface area contributed by atoms with Crippen LogP contribution in [0.2, 0.25) is 0 Å². The number of esters is 2. The Bertz CT molecular complexity index is 1400. The molecular weight excluding hydrogens is 592 g/mol. The first-order valence-electron chi connectivity index (χ1n) is 12.5. The quantitative estimate of drug-likeness (QED) is 0.0616. The number of carboxylic acid groups (broad SMARTS) is 1. The number of carbonyl (C=O) groups excluding carboxylic acids is 3. The molecule has 0 saturated heterocycles. The average molecular weight is 623 g/mol. The molecule has 238 valence electrons. The van der Waals surface area contributed by atoms with E-state index >= 15 is 0 Å². The van der Waals surface area contributed by atoms with Crippen LogP contribution < -0.4 is 0 Å². The molecule has 0 amide bonds. The van der Waals surface area contributed by atoms with E-state index in [1.807, 2.05) is 0 Å². The van der Waals surface area contributed by atoms with Crippen molar-refractivity contribution in [3.63, 3.8) is 0 Å². The van der Waals surface area contributed by atoms with Crippen LogP contribution in [0.3, 0.4) is 0 Å². The molecule has 0 spiro atoms. The highest BCUT2D eigenvalue weighted by Gasteiger charge is 2.39. The summed E-state index contributed by atoms with van der Waals surface area (Å²) in [5.41, 5.74) is 0.530. The number of phenols is 4. The van der Waals surface area contributed by atoms with Crippen molar-refractivity contribution >= 4 is 35.8 Å². The Labute approximate surface area is 248 Å². The van der Waals surface area contributed by atoms with Crippen molar-refractivity contribution in [1.29, 1.82) is 0 Å². The van der Waals surface area contributed by atoms with E-state index < -0.39 is 96.3 Å². The summed E-state index contributed by atoms with van der Waals surface area (Å²) in [5.74, 6) is -7.42. The zero-order valence-electron chi connectivity index (χ0n) is 22.6. The van der Waals surface area contributed by atoms with Crippen LogP contribution in [-0.4, -0.2) is 118 Å². The van der Waals surface area contributed by atoms with E-state index in [0.717, 1.165) is 42.5 Å². The van der Waals surface area contributed by atoms with Gasteiger partial charge in [0.1, 0.15) is 18.8 Å². The molecule has 0 radical (unpaired) electrons. The Morgan fingerprint density at radius 2 is 1.23 bits per heavy atom. The summed E-state index contributed by atoms with van der Waals surface area (Å²) in [4.78, 5) is 47.8. The van der Waals surface area contributed by atoms with E-state index in [2.05, 4.69) is 0 Å². The lowest BCUT2D eigenvalue weighted by Gasteiger charge is -2.27. The Morgan fingerprint density at radius 1 is 0.705 bits per heavy atom. The number of ether oxygens (including phenoxy) is 2. The van der Waals surface area contributed by atoms with Gasteiger partial charge in [-0.1, -0.05) is 18.2 Å². The van der Waals surface area contributed by atoms with Crippen molar-refractivity contribution in [1.82, 2.24) is 0 Å². The van der Waals surface area contributed by atoms with Crippen molar-refractivity contribution in [3.05, 3.63) is 59.7 Å². The number of aliphatic hydroxyl groups excluding tert-OH is 5. The van der Waals surface area contributed by atoms with E-state index in [4.69, 9.17) is 14.6 Å². The number of aromatic hydroxyl groups is 4. The average Bonchev–Trinajstić information content (AvgIpc) is 2.98. The molecule has 0 aliphatic carbocycles. The summed E-state index contributed by atoms with van der Waals surface area (Å²) in [7, 11) is 0. The van der Waals surface area contributed by atoms with Crippen LogP contribution >= 0.6 is 0 Å².